The maximum atomic E-state index is 12.8. The third-order valence-corrected chi connectivity index (χ3v) is 2.48. The molecule has 1 aromatic rings. The van der Waals surface area contributed by atoms with E-state index in [9.17, 15) is 12.8 Å². The highest BCUT2D eigenvalue weighted by atomic mass is 32.2. The Morgan fingerprint density at radius 1 is 1.43 bits per heavy atom. The zero-order chi connectivity index (χ0) is 10.9. The summed E-state index contributed by atoms with van der Waals surface area (Å²) in [5.74, 6) is -0.853. The van der Waals surface area contributed by atoms with Gasteiger partial charge >= 0.3 is 0 Å². The largest absolute Gasteiger partial charge is 0.396 e. The van der Waals surface area contributed by atoms with Gasteiger partial charge in [-0.05, 0) is 12.1 Å². The second kappa shape index (κ2) is 3.25. The van der Waals surface area contributed by atoms with Gasteiger partial charge in [-0.25, -0.2) is 17.9 Å². The lowest BCUT2D eigenvalue weighted by molar-refractivity contribution is 0.596. The highest BCUT2D eigenvalue weighted by molar-refractivity contribution is 7.89. The van der Waals surface area contributed by atoms with Gasteiger partial charge in [0.05, 0.1) is 11.3 Å². The Balaban J connectivity index is 3.61. The molecular weight excluding hydrogens is 209 g/mol. The van der Waals surface area contributed by atoms with Crippen molar-refractivity contribution in [2.24, 2.45) is 5.14 Å². The number of rotatable bonds is 1. The van der Waals surface area contributed by atoms with Crippen molar-refractivity contribution in [1.29, 1.82) is 5.26 Å². The Morgan fingerprint density at radius 2 is 2.00 bits per heavy atom. The predicted octanol–water partition coefficient (Wildman–Crippen LogP) is -0.0730. The summed E-state index contributed by atoms with van der Waals surface area (Å²) in [7, 11) is -4.05. The molecule has 0 aliphatic carbocycles. The number of nitrogen functional groups attached to an aromatic ring is 1. The maximum absolute atomic E-state index is 12.8. The fourth-order valence-electron chi connectivity index (χ4n) is 0.892. The van der Waals surface area contributed by atoms with Crippen LogP contribution in [0, 0.1) is 17.1 Å². The molecule has 0 amide bonds. The van der Waals surface area contributed by atoms with E-state index >= 15 is 0 Å². The Kier molecular flexibility index (Phi) is 2.42. The first-order valence-corrected chi connectivity index (χ1v) is 4.93. The number of benzene rings is 1. The van der Waals surface area contributed by atoms with Crippen LogP contribution in [0.3, 0.4) is 0 Å². The standard InChI is InChI=1S/C7H6FN3O2S/c8-5-1-4(3-9)7(2-6(5)10)14(11,12)13/h1-2H,10H2,(H2,11,12,13). The molecule has 0 fully saturated rings. The van der Waals surface area contributed by atoms with E-state index in [1.807, 2.05) is 0 Å². The fourth-order valence-corrected chi connectivity index (χ4v) is 1.59. The summed E-state index contributed by atoms with van der Waals surface area (Å²) in [5.41, 5.74) is 4.41. The molecule has 0 unspecified atom stereocenters. The molecule has 74 valence electrons. The molecule has 0 saturated carbocycles. The molecule has 0 bridgehead atoms. The van der Waals surface area contributed by atoms with Crippen LogP contribution in [-0.4, -0.2) is 8.42 Å². The van der Waals surface area contributed by atoms with Crippen LogP contribution >= 0.6 is 0 Å². The first kappa shape index (κ1) is 10.4. The molecule has 1 rings (SSSR count). The fraction of sp³-hybridized carbons (Fsp3) is 0. The highest BCUT2D eigenvalue weighted by Gasteiger charge is 2.16. The van der Waals surface area contributed by atoms with Crippen molar-refractivity contribution in [3.8, 4) is 6.07 Å². The van der Waals surface area contributed by atoms with Crippen LogP contribution in [0.2, 0.25) is 0 Å². The Hall–Kier alpha value is -1.65. The molecule has 0 aromatic heterocycles. The maximum Gasteiger partial charge on any atom is 0.239 e. The minimum atomic E-state index is -4.05. The second-order valence-corrected chi connectivity index (χ2v) is 4.06. The highest BCUT2D eigenvalue weighted by Crippen LogP contribution is 2.20. The lowest BCUT2D eigenvalue weighted by Gasteiger charge is -2.03. The summed E-state index contributed by atoms with van der Waals surface area (Å²) in [6.45, 7) is 0. The van der Waals surface area contributed by atoms with Crippen molar-refractivity contribution in [3.05, 3.63) is 23.5 Å². The molecule has 1 aromatic carbocycles. The van der Waals surface area contributed by atoms with Crippen molar-refractivity contribution in [2.45, 2.75) is 4.90 Å². The van der Waals surface area contributed by atoms with Crippen molar-refractivity contribution in [3.63, 3.8) is 0 Å². The van der Waals surface area contributed by atoms with Crippen molar-refractivity contribution in [1.82, 2.24) is 0 Å². The van der Waals surface area contributed by atoms with Gasteiger partial charge in [0.1, 0.15) is 16.8 Å². The Morgan fingerprint density at radius 3 is 2.43 bits per heavy atom. The Bertz CT molecular complexity index is 518. The van der Waals surface area contributed by atoms with Crippen LogP contribution in [-0.2, 0) is 10.0 Å². The summed E-state index contributed by atoms with van der Waals surface area (Å²) in [4.78, 5) is -0.473. The van der Waals surface area contributed by atoms with Crippen molar-refractivity contribution < 1.29 is 12.8 Å². The number of nitrogens with two attached hydrogens (primary N) is 2. The minimum absolute atomic E-state index is 0.362. The van der Waals surface area contributed by atoms with Gasteiger partial charge in [0.25, 0.3) is 0 Å². The monoisotopic (exact) mass is 215 g/mol. The van der Waals surface area contributed by atoms with Gasteiger partial charge in [-0.3, -0.25) is 0 Å². The Labute approximate surface area is 79.8 Å². The van der Waals surface area contributed by atoms with E-state index < -0.39 is 20.7 Å². The van der Waals surface area contributed by atoms with Crippen LogP contribution < -0.4 is 10.9 Å². The molecule has 0 spiro atoms. The summed E-state index contributed by atoms with van der Waals surface area (Å²) in [5, 5.41) is 13.3. The quantitative estimate of drug-likeness (QED) is 0.638. The van der Waals surface area contributed by atoms with Gasteiger partial charge in [0.2, 0.25) is 10.0 Å². The third-order valence-electron chi connectivity index (χ3n) is 1.53. The molecule has 0 radical (unpaired) electrons. The van der Waals surface area contributed by atoms with Gasteiger partial charge in [-0.2, -0.15) is 5.26 Å². The van der Waals surface area contributed by atoms with E-state index in [1.165, 1.54) is 6.07 Å². The van der Waals surface area contributed by atoms with E-state index in [2.05, 4.69) is 0 Å². The lowest BCUT2D eigenvalue weighted by atomic mass is 10.2. The first-order chi connectivity index (χ1) is 6.36. The molecule has 0 aliphatic heterocycles. The number of primary sulfonamides is 1. The summed E-state index contributed by atoms with van der Waals surface area (Å²) in [6, 6.07) is 3.07. The van der Waals surface area contributed by atoms with Crippen LogP contribution in [0.25, 0.3) is 0 Å². The average Bonchev–Trinajstić information content (AvgIpc) is 2.07. The summed E-state index contributed by atoms with van der Waals surface area (Å²) < 4.78 is 34.7. The summed E-state index contributed by atoms with van der Waals surface area (Å²) >= 11 is 0. The van der Waals surface area contributed by atoms with Crippen molar-refractivity contribution >= 4 is 15.7 Å². The molecule has 4 N–H and O–H groups in total. The van der Waals surface area contributed by atoms with Gasteiger partial charge < -0.3 is 5.73 Å². The predicted molar refractivity (Wildman–Crippen MR) is 46.9 cm³/mol. The van der Waals surface area contributed by atoms with Crippen LogP contribution in [0.5, 0.6) is 0 Å². The molecule has 5 nitrogen and oxygen atoms in total. The van der Waals surface area contributed by atoms with E-state index in [-0.39, 0.29) is 11.3 Å². The SMILES string of the molecule is N#Cc1cc(F)c(N)cc1S(N)(=O)=O. The number of hydrogen-bond donors (Lipinski definition) is 2. The number of nitriles is 1. The average molecular weight is 215 g/mol. The topological polar surface area (TPSA) is 110 Å². The number of nitrogens with zero attached hydrogens (tertiary/aromatic N) is 1. The summed E-state index contributed by atoms with van der Waals surface area (Å²) in [6.07, 6.45) is 0. The van der Waals surface area contributed by atoms with E-state index in [0.29, 0.717) is 0 Å². The molecule has 0 atom stereocenters. The zero-order valence-electron chi connectivity index (χ0n) is 6.86. The van der Waals surface area contributed by atoms with Crippen molar-refractivity contribution in [2.75, 3.05) is 5.73 Å². The van der Waals surface area contributed by atoms with Crippen LogP contribution in [0.15, 0.2) is 17.0 Å². The molecule has 0 heterocycles. The molecule has 0 aliphatic rings. The van der Waals surface area contributed by atoms with Crippen LogP contribution in [0.4, 0.5) is 10.1 Å². The number of anilines is 1. The minimum Gasteiger partial charge on any atom is -0.396 e. The lowest BCUT2D eigenvalue weighted by Crippen LogP contribution is -2.14. The number of halogens is 1. The van der Waals surface area contributed by atoms with Gasteiger partial charge in [0.15, 0.2) is 0 Å². The molecular formula is C7H6FN3O2S. The molecule has 14 heavy (non-hydrogen) atoms. The van der Waals surface area contributed by atoms with E-state index in [4.69, 9.17) is 16.1 Å². The zero-order valence-corrected chi connectivity index (χ0v) is 7.68. The smallest absolute Gasteiger partial charge is 0.239 e. The van der Waals surface area contributed by atoms with Crippen LogP contribution in [0.1, 0.15) is 5.56 Å². The van der Waals surface area contributed by atoms with Gasteiger partial charge in [0, 0.05) is 0 Å². The first-order valence-electron chi connectivity index (χ1n) is 3.38. The number of hydrogen-bond acceptors (Lipinski definition) is 4. The normalized spacial score (nSPS) is 10.9. The van der Waals surface area contributed by atoms with Gasteiger partial charge in [-0.15, -0.1) is 0 Å². The van der Waals surface area contributed by atoms with E-state index in [1.54, 1.807) is 0 Å². The second-order valence-electron chi connectivity index (χ2n) is 2.53. The van der Waals surface area contributed by atoms with Gasteiger partial charge in [-0.1, -0.05) is 0 Å². The molecule has 7 heteroatoms. The number of sulfonamides is 1. The third kappa shape index (κ3) is 1.81. The molecule has 0 saturated heterocycles. The van der Waals surface area contributed by atoms with E-state index in [0.717, 1.165) is 12.1 Å².